The summed E-state index contributed by atoms with van der Waals surface area (Å²) in [5.41, 5.74) is 8.76. The van der Waals surface area contributed by atoms with Gasteiger partial charge < -0.3 is 50.0 Å². The molecule has 0 unspecified atom stereocenters. The Bertz CT molecular complexity index is 2100. The third-order valence-electron chi connectivity index (χ3n) is 7.96. The number of nitrogens with one attached hydrogen (secondary N) is 5. The highest BCUT2D eigenvalue weighted by Crippen LogP contribution is 2.27. The zero-order valence-electron chi connectivity index (χ0n) is 28.2. The molecule has 1 aromatic carbocycles. The smallest absolute Gasteiger partial charge is 0.291 e. The van der Waals surface area contributed by atoms with Gasteiger partial charge in [0.2, 0.25) is 0 Å². The van der Waals surface area contributed by atoms with Crippen molar-refractivity contribution in [3.05, 3.63) is 83.9 Å². The molecular weight excluding hydrogens is 699 g/mol. The SMILES string of the molecule is Cn1cc(NC(=O)c2cc(NC(=O)c3cc(NC(=O)c4cc5cc(N(CCCl)CCCl)ccc5o4)cn3C)cn2C)cc1C(=O)NCCC(=N)N. The molecule has 5 rings (SSSR count). The molecule has 268 valence electrons. The number of hydrogen-bond donors (Lipinski definition) is 6. The Kier molecular flexibility index (Phi) is 11.4. The lowest BCUT2D eigenvalue weighted by Gasteiger charge is -2.22. The molecule has 4 amide bonds. The third-order valence-corrected chi connectivity index (χ3v) is 8.30. The number of nitrogens with zero attached hydrogens (tertiary/aromatic N) is 4. The summed E-state index contributed by atoms with van der Waals surface area (Å²) in [6, 6.07) is 11.8. The van der Waals surface area contributed by atoms with E-state index >= 15 is 0 Å². The predicted octanol–water partition coefficient (Wildman–Crippen LogP) is 4.55. The lowest BCUT2D eigenvalue weighted by atomic mass is 10.2. The van der Waals surface area contributed by atoms with Crippen LogP contribution < -0.4 is 31.9 Å². The summed E-state index contributed by atoms with van der Waals surface area (Å²) in [4.78, 5) is 54.0. The van der Waals surface area contributed by atoms with Crippen molar-refractivity contribution in [2.24, 2.45) is 26.9 Å². The van der Waals surface area contributed by atoms with Crippen LogP contribution in [-0.2, 0) is 21.1 Å². The molecule has 0 radical (unpaired) electrons. The molecule has 15 nitrogen and oxygen atoms in total. The number of benzene rings is 1. The van der Waals surface area contributed by atoms with Crippen LogP contribution in [0.2, 0.25) is 0 Å². The van der Waals surface area contributed by atoms with E-state index in [0.717, 1.165) is 11.1 Å². The number of nitrogens with two attached hydrogens (primary N) is 1. The Morgan fingerprint density at radius 3 is 1.73 bits per heavy atom. The van der Waals surface area contributed by atoms with Crippen LogP contribution in [0.3, 0.4) is 0 Å². The predicted molar refractivity (Wildman–Crippen MR) is 199 cm³/mol. The highest BCUT2D eigenvalue weighted by Gasteiger charge is 2.20. The average molecular weight is 738 g/mol. The van der Waals surface area contributed by atoms with E-state index in [1.54, 1.807) is 65.6 Å². The number of aromatic nitrogens is 3. The van der Waals surface area contributed by atoms with E-state index in [9.17, 15) is 19.2 Å². The minimum Gasteiger partial charge on any atom is -0.451 e. The van der Waals surface area contributed by atoms with Gasteiger partial charge in [0, 0.05) is 88.6 Å². The maximum absolute atomic E-state index is 13.2. The Labute approximate surface area is 303 Å². The van der Waals surface area contributed by atoms with Crippen molar-refractivity contribution < 1.29 is 23.6 Å². The first-order chi connectivity index (χ1) is 24.4. The number of carbonyl (C=O) groups is 4. The van der Waals surface area contributed by atoms with Crippen LogP contribution in [-0.4, -0.2) is 74.6 Å². The fourth-order valence-electron chi connectivity index (χ4n) is 5.47. The summed E-state index contributed by atoms with van der Waals surface area (Å²) in [6.45, 7) is 1.46. The summed E-state index contributed by atoms with van der Waals surface area (Å²) < 4.78 is 10.5. The second-order valence-electron chi connectivity index (χ2n) is 11.8. The zero-order valence-corrected chi connectivity index (χ0v) is 29.7. The Balaban J connectivity index is 1.21. The van der Waals surface area contributed by atoms with E-state index in [2.05, 4.69) is 26.2 Å². The molecule has 7 N–H and O–H groups in total. The number of amides is 4. The molecule has 51 heavy (non-hydrogen) atoms. The molecule has 0 bridgehead atoms. The molecule has 0 saturated carbocycles. The fraction of sp³-hybridized carbons (Fsp3) is 0.265. The molecule has 17 heteroatoms. The number of aryl methyl sites for hydroxylation is 3. The largest absolute Gasteiger partial charge is 0.451 e. The second-order valence-corrected chi connectivity index (χ2v) is 12.5. The Morgan fingerprint density at radius 2 is 1.24 bits per heavy atom. The number of furan rings is 1. The number of hydrogen-bond acceptors (Lipinski definition) is 7. The lowest BCUT2D eigenvalue weighted by Crippen LogP contribution is -2.28. The van der Waals surface area contributed by atoms with Crippen LogP contribution in [0.5, 0.6) is 0 Å². The van der Waals surface area contributed by atoms with Gasteiger partial charge in [-0.25, -0.2) is 0 Å². The van der Waals surface area contributed by atoms with Crippen LogP contribution in [0.1, 0.15) is 48.4 Å². The van der Waals surface area contributed by atoms with Crippen LogP contribution in [0.25, 0.3) is 11.0 Å². The minimum absolute atomic E-state index is 0.0325. The van der Waals surface area contributed by atoms with E-state index in [1.165, 1.54) is 18.2 Å². The molecule has 0 spiro atoms. The van der Waals surface area contributed by atoms with Crippen LogP contribution in [0, 0.1) is 5.41 Å². The van der Waals surface area contributed by atoms with Crippen molar-refractivity contribution in [2.45, 2.75) is 6.42 Å². The number of amidine groups is 1. The molecule has 4 aromatic heterocycles. The van der Waals surface area contributed by atoms with Gasteiger partial charge in [-0.2, -0.15) is 0 Å². The molecular formula is C34H38Cl2N10O5. The molecule has 0 aliphatic heterocycles. The minimum atomic E-state index is -0.485. The number of fused-ring (bicyclic) bond motifs is 1. The topological polar surface area (TPSA) is 197 Å². The Morgan fingerprint density at radius 1 is 0.745 bits per heavy atom. The van der Waals surface area contributed by atoms with Gasteiger partial charge in [0.1, 0.15) is 22.7 Å². The van der Waals surface area contributed by atoms with Crippen molar-refractivity contribution in [1.82, 2.24) is 19.0 Å². The number of halogens is 2. The second kappa shape index (κ2) is 15.9. The molecule has 0 aliphatic rings. The van der Waals surface area contributed by atoms with Gasteiger partial charge in [0.05, 0.1) is 22.9 Å². The number of alkyl halides is 2. The van der Waals surface area contributed by atoms with Gasteiger partial charge in [-0.1, -0.05) is 0 Å². The quantitative estimate of drug-likeness (QED) is 0.0515. The fourth-order valence-corrected chi connectivity index (χ4v) is 5.88. The highest BCUT2D eigenvalue weighted by atomic mass is 35.5. The first kappa shape index (κ1) is 36.6. The van der Waals surface area contributed by atoms with Gasteiger partial charge in [-0.15, -0.1) is 23.2 Å². The van der Waals surface area contributed by atoms with E-state index in [4.69, 9.17) is 38.8 Å². The molecule has 0 aliphatic carbocycles. The summed E-state index contributed by atoms with van der Waals surface area (Å²) in [6.07, 6.45) is 5.02. The van der Waals surface area contributed by atoms with E-state index in [-0.39, 0.29) is 41.9 Å². The molecule has 0 saturated heterocycles. The van der Waals surface area contributed by atoms with E-state index in [0.29, 0.717) is 53.2 Å². The maximum Gasteiger partial charge on any atom is 0.291 e. The van der Waals surface area contributed by atoms with Gasteiger partial charge in [-0.3, -0.25) is 24.6 Å². The average Bonchev–Trinajstić information content (AvgIpc) is 3.85. The Hall–Kier alpha value is -5.67. The molecule has 4 heterocycles. The summed E-state index contributed by atoms with van der Waals surface area (Å²) in [5.74, 6) is -0.817. The highest BCUT2D eigenvalue weighted by molar-refractivity contribution is 6.18. The van der Waals surface area contributed by atoms with Crippen molar-refractivity contribution in [1.29, 1.82) is 5.41 Å². The van der Waals surface area contributed by atoms with Gasteiger partial charge in [-0.05, 0) is 42.5 Å². The van der Waals surface area contributed by atoms with Crippen LogP contribution in [0.15, 0.2) is 65.5 Å². The monoisotopic (exact) mass is 736 g/mol. The summed E-state index contributed by atoms with van der Waals surface area (Å²) >= 11 is 11.9. The van der Waals surface area contributed by atoms with E-state index < -0.39 is 17.7 Å². The van der Waals surface area contributed by atoms with Gasteiger partial charge in [0.15, 0.2) is 5.76 Å². The number of anilines is 4. The molecule has 0 atom stereocenters. The van der Waals surface area contributed by atoms with Crippen molar-refractivity contribution in [3.63, 3.8) is 0 Å². The van der Waals surface area contributed by atoms with Crippen molar-refractivity contribution in [2.75, 3.05) is 52.2 Å². The first-order valence-electron chi connectivity index (χ1n) is 15.8. The number of rotatable bonds is 15. The summed E-state index contributed by atoms with van der Waals surface area (Å²) in [7, 11) is 5.00. The van der Waals surface area contributed by atoms with Gasteiger partial charge in [0.25, 0.3) is 23.6 Å². The summed E-state index contributed by atoms with van der Waals surface area (Å²) in [5, 5.41) is 19.0. The molecule has 0 fully saturated rings. The number of carbonyl (C=O) groups excluding carboxylic acids is 4. The lowest BCUT2D eigenvalue weighted by molar-refractivity contribution is 0.0944. The first-order valence-corrected chi connectivity index (χ1v) is 16.9. The maximum atomic E-state index is 13.2. The molecule has 5 aromatic rings. The third kappa shape index (κ3) is 8.74. The normalized spacial score (nSPS) is 11.0. The standard InChI is InChI=1S/C34H38Cl2N10O5/c1-43-17-21(14-25(43)31(47)39-9-6-30(37)38)40-32(48)26-15-22(18-44(26)2)41-33(49)27-16-23(19-45(27)3)42-34(50)29-13-20-12-24(4-5-28(20)51-29)46(10-7-35)11-8-36/h4-5,12-19H,6-11H2,1-3H3,(H3,37,38)(H,39,47)(H,40,48)(H,41,49)(H,42,50). The van der Waals surface area contributed by atoms with Crippen LogP contribution >= 0.6 is 23.2 Å². The van der Waals surface area contributed by atoms with Crippen molar-refractivity contribution in [3.8, 4) is 0 Å². The van der Waals surface area contributed by atoms with E-state index in [1.807, 2.05) is 12.1 Å². The van der Waals surface area contributed by atoms with Crippen LogP contribution in [0.4, 0.5) is 22.7 Å². The zero-order chi connectivity index (χ0) is 36.8. The van der Waals surface area contributed by atoms with Gasteiger partial charge >= 0.3 is 0 Å². The van der Waals surface area contributed by atoms with Crippen molar-refractivity contribution >= 4 is 86.4 Å².